The summed E-state index contributed by atoms with van der Waals surface area (Å²) in [5.74, 6) is 0. The van der Waals surface area contributed by atoms with Crippen LogP contribution in [0.3, 0.4) is 0 Å². The lowest BCUT2D eigenvalue weighted by atomic mass is 9.91. The molecule has 2 aromatic rings. The van der Waals surface area contributed by atoms with Gasteiger partial charge in [-0.3, -0.25) is 4.68 Å². The second-order valence-electron chi connectivity index (χ2n) is 5.11. The Kier molecular flexibility index (Phi) is 3.82. The van der Waals surface area contributed by atoms with Crippen LogP contribution in [0.15, 0.2) is 42.6 Å². The average Bonchev–Trinajstić information content (AvgIpc) is 2.73. The molecule has 1 unspecified atom stereocenters. The molecule has 1 aromatic carbocycles. The molecular formula is C15H20N2O. The Hall–Kier alpha value is -1.61. The molecule has 1 heterocycles. The summed E-state index contributed by atoms with van der Waals surface area (Å²) in [6.07, 6.45) is 4.06. The highest BCUT2D eigenvalue weighted by Gasteiger charge is 2.21. The molecule has 96 valence electrons. The number of rotatable bonds is 5. The molecular weight excluding hydrogens is 224 g/mol. The molecule has 18 heavy (non-hydrogen) atoms. The Balaban J connectivity index is 1.93. The number of aliphatic hydroxyl groups is 1. The molecule has 2 rings (SSSR count). The van der Waals surface area contributed by atoms with E-state index in [0.29, 0.717) is 6.42 Å². The highest BCUT2D eigenvalue weighted by Crippen LogP contribution is 2.19. The number of nitrogens with zero attached hydrogens (tertiary/aromatic N) is 2. The van der Waals surface area contributed by atoms with Crippen LogP contribution in [0.25, 0.3) is 0 Å². The molecule has 1 atom stereocenters. The number of benzene rings is 1. The summed E-state index contributed by atoms with van der Waals surface area (Å²) in [4.78, 5) is 0. The lowest BCUT2D eigenvalue weighted by Gasteiger charge is -2.23. The molecule has 0 radical (unpaired) electrons. The Morgan fingerprint density at radius 2 is 1.94 bits per heavy atom. The van der Waals surface area contributed by atoms with Crippen molar-refractivity contribution in [3.63, 3.8) is 0 Å². The Morgan fingerprint density at radius 3 is 2.56 bits per heavy atom. The molecule has 0 saturated heterocycles. The first kappa shape index (κ1) is 12.8. The van der Waals surface area contributed by atoms with Crippen molar-refractivity contribution in [2.45, 2.75) is 31.8 Å². The minimum atomic E-state index is -0.675. The minimum Gasteiger partial charge on any atom is -0.390 e. The molecule has 1 aromatic heterocycles. The van der Waals surface area contributed by atoms with E-state index in [0.717, 1.165) is 18.5 Å². The van der Waals surface area contributed by atoms with Gasteiger partial charge in [-0.05, 0) is 31.4 Å². The van der Waals surface area contributed by atoms with Crippen LogP contribution in [0.5, 0.6) is 0 Å². The van der Waals surface area contributed by atoms with Crippen LogP contribution in [0.2, 0.25) is 0 Å². The van der Waals surface area contributed by atoms with E-state index in [1.54, 1.807) is 6.20 Å². The molecule has 0 spiro atoms. The van der Waals surface area contributed by atoms with Crippen molar-refractivity contribution in [1.82, 2.24) is 9.78 Å². The predicted octanol–water partition coefficient (Wildman–Crippen LogP) is 2.35. The van der Waals surface area contributed by atoms with Crippen molar-refractivity contribution in [2.24, 2.45) is 7.05 Å². The van der Waals surface area contributed by atoms with Gasteiger partial charge in [0, 0.05) is 25.4 Å². The quantitative estimate of drug-likeness (QED) is 0.876. The van der Waals surface area contributed by atoms with E-state index in [1.807, 2.05) is 42.9 Å². The van der Waals surface area contributed by atoms with Crippen molar-refractivity contribution < 1.29 is 5.11 Å². The molecule has 3 heteroatoms. The third-order valence-electron chi connectivity index (χ3n) is 3.27. The monoisotopic (exact) mass is 244 g/mol. The van der Waals surface area contributed by atoms with Crippen molar-refractivity contribution in [3.8, 4) is 0 Å². The van der Waals surface area contributed by atoms with Crippen LogP contribution < -0.4 is 0 Å². The lowest BCUT2D eigenvalue weighted by molar-refractivity contribution is 0.0511. The van der Waals surface area contributed by atoms with Crippen molar-refractivity contribution in [1.29, 1.82) is 0 Å². The van der Waals surface area contributed by atoms with Crippen LogP contribution >= 0.6 is 0 Å². The molecule has 0 aliphatic heterocycles. The van der Waals surface area contributed by atoms with E-state index >= 15 is 0 Å². The summed E-state index contributed by atoms with van der Waals surface area (Å²) in [7, 11) is 1.93. The average molecular weight is 244 g/mol. The largest absolute Gasteiger partial charge is 0.390 e. The number of hydrogen-bond acceptors (Lipinski definition) is 2. The van der Waals surface area contributed by atoms with Gasteiger partial charge in [0.05, 0.1) is 5.60 Å². The van der Waals surface area contributed by atoms with E-state index < -0.39 is 5.60 Å². The Bertz CT molecular complexity index is 488. The van der Waals surface area contributed by atoms with Gasteiger partial charge < -0.3 is 5.11 Å². The molecule has 1 N–H and O–H groups in total. The van der Waals surface area contributed by atoms with E-state index in [9.17, 15) is 5.11 Å². The van der Waals surface area contributed by atoms with E-state index in [4.69, 9.17) is 0 Å². The van der Waals surface area contributed by atoms with Crippen molar-refractivity contribution in [2.75, 3.05) is 0 Å². The second kappa shape index (κ2) is 5.36. The highest BCUT2D eigenvalue weighted by atomic mass is 16.3. The Morgan fingerprint density at radius 1 is 1.22 bits per heavy atom. The SMILES string of the molecule is Cn1nccc1CCC(C)(O)Cc1ccccc1. The highest BCUT2D eigenvalue weighted by molar-refractivity contribution is 5.17. The third kappa shape index (κ3) is 3.44. The lowest BCUT2D eigenvalue weighted by Crippen LogP contribution is -2.28. The summed E-state index contributed by atoms with van der Waals surface area (Å²) in [5.41, 5.74) is 1.65. The van der Waals surface area contributed by atoms with E-state index in [2.05, 4.69) is 17.2 Å². The molecule has 0 saturated carbocycles. The predicted molar refractivity (Wildman–Crippen MR) is 72.3 cm³/mol. The van der Waals surface area contributed by atoms with Gasteiger partial charge >= 0.3 is 0 Å². The summed E-state index contributed by atoms with van der Waals surface area (Å²) < 4.78 is 1.86. The fourth-order valence-electron chi connectivity index (χ4n) is 2.17. The number of aromatic nitrogens is 2. The first-order valence-corrected chi connectivity index (χ1v) is 6.30. The second-order valence-corrected chi connectivity index (χ2v) is 5.11. The molecule has 0 aliphatic rings. The van der Waals surface area contributed by atoms with Crippen LogP contribution in [0.4, 0.5) is 0 Å². The van der Waals surface area contributed by atoms with Gasteiger partial charge in [-0.15, -0.1) is 0 Å². The van der Waals surface area contributed by atoms with Gasteiger partial charge in [0.1, 0.15) is 0 Å². The molecule has 0 amide bonds. The summed E-state index contributed by atoms with van der Waals surface area (Å²) in [6, 6.07) is 12.1. The van der Waals surface area contributed by atoms with Gasteiger partial charge in [-0.1, -0.05) is 30.3 Å². The minimum absolute atomic E-state index is 0.675. The summed E-state index contributed by atoms with van der Waals surface area (Å²) in [6.45, 7) is 1.90. The van der Waals surface area contributed by atoms with Gasteiger partial charge in [0.2, 0.25) is 0 Å². The van der Waals surface area contributed by atoms with E-state index in [1.165, 1.54) is 5.56 Å². The maximum absolute atomic E-state index is 10.4. The van der Waals surface area contributed by atoms with Crippen LogP contribution in [-0.2, 0) is 19.9 Å². The van der Waals surface area contributed by atoms with Crippen molar-refractivity contribution >= 4 is 0 Å². The summed E-state index contributed by atoms with van der Waals surface area (Å²) >= 11 is 0. The standard InChI is InChI=1S/C15H20N2O/c1-15(18,12-13-6-4-3-5-7-13)10-8-14-9-11-16-17(14)2/h3-7,9,11,18H,8,10,12H2,1-2H3. The summed E-state index contributed by atoms with van der Waals surface area (Å²) in [5, 5.41) is 14.6. The normalized spacial score (nSPS) is 14.4. The van der Waals surface area contributed by atoms with E-state index in [-0.39, 0.29) is 0 Å². The smallest absolute Gasteiger partial charge is 0.0663 e. The maximum Gasteiger partial charge on any atom is 0.0663 e. The van der Waals surface area contributed by atoms with Crippen molar-refractivity contribution in [3.05, 3.63) is 53.9 Å². The van der Waals surface area contributed by atoms with Gasteiger partial charge in [0.25, 0.3) is 0 Å². The molecule has 0 fully saturated rings. The topological polar surface area (TPSA) is 38.0 Å². The van der Waals surface area contributed by atoms with Gasteiger partial charge in [-0.2, -0.15) is 5.10 Å². The Labute approximate surface area is 108 Å². The van der Waals surface area contributed by atoms with Gasteiger partial charge in [0.15, 0.2) is 0 Å². The fraction of sp³-hybridized carbons (Fsp3) is 0.400. The molecule has 0 aliphatic carbocycles. The number of hydrogen-bond donors (Lipinski definition) is 1. The number of aryl methyl sites for hydroxylation is 2. The first-order chi connectivity index (χ1) is 8.57. The van der Waals surface area contributed by atoms with Crippen LogP contribution in [0, 0.1) is 0 Å². The zero-order valence-electron chi connectivity index (χ0n) is 11.0. The zero-order chi connectivity index (χ0) is 13.0. The van der Waals surface area contributed by atoms with Crippen LogP contribution in [-0.4, -0.2) is 20.5 Å². The fourth-order valence-corrected chi connectivity index (χ4v) is 2.17. The first-order valence-electron chi connectivity index (χ1n) is 6.30. The third-order valence-corrected chi connectivity index (χ3v) is 3.27. The molecule has 3 nitrogen and oxygen atoms in total. The molecule has 0 bridgehead atoms. The maximum atomic E-state index is 10.4. The zero-order valence-corrected chi connectivity index (χ0v) is 11.0. The van der Waals surface area contributed by atoms with Gasteiger partial charge in [-0.25, -0.2) is 0 Å². The van der Waals surface area contributed by atoms with Crippen LogP contribution in [0.1, 0.15) is 24.6 Å².